The number of aliphatic hydroxyl groups is 1. The van der Waals surface area contributed by atoms with Crippen molar-refractivity contribution in [3.05, 3.63) is 59.9 Å². The minimum absolute atomic E-state index is 0.0141. The normalized spacial score (nSPS) is 13.1. The summed E-state index contributed by atoms with van der Waals surface area (Å²) in [6, 6.07) is 13.9. The van der Waals surface area contributed by atoms with Gasteiger partial charge in [0.25, 0.3) is 0 Å². The number of rotatable bonds is 7. The van der Waals surface area contributed by atoms with E-state index >= 15 is 0 Å². The van der Waals surface area contributed by atoms with E-state index in [0.29, 0.717) is 6.42 Å². The topological polar surface area (TPSA) is 61.4 Å². The van der Waals surface area contributed by atoms with Gasteiger partial charge in [-0.2, -0.15) is 0 Å². The average Bonchev–Trinajstić information content (AvgIpc) is 2.60. The molecule has 4 nitrogen and oxygen atoms in total. The minimum Gasteiger partial charge on any atom is -0.396 e. The summed E-state index contributed by atoms with van der Waals surface area (Å²) in [5.74, 6) is -0.252. The van der Waals surface area contributed by atoms with Crippen molar-refractivity contribution in [2.24, 2.45) is 0 Å². The first kappa shape index (κ1) is 18.9. The van der Waals surface area contributed by atoms with Gasteiger partial charge in [0.1, 0.15) is 5.82 Å². The first-order chi connectivity index (χ1) is 12.0. The molecule has 2 amide bonds. The third-order valence-electron chi connectivity index (χ3n) is 4.11. The lowest BCUT2D eigenvalue weighted by molar-refractivity contribution is 0.231. The molecule has 2 aromatic carbocycles. The van der Waals surface area contributed by atoms with E-state index in [9.17, 15) is 9.18 Å². The van der Waals surface area contributed by atoms with Gasteiger partial charge in [-0.05, 0) is 55.5 Å². The second-order valence-electron chi connectivity index (χ2n) is 6.24. The number of nitrogens with one attached hydrogen (secondary N) is 2. The highest BCUT2D eigenvalue weighted by atomic mass is 19.1. The van der Waals surface area contributed by atoms with Crippen molar-refractivity contribution < 1.29 is 14.3 Å². The van der Waals surface area contributed by atoms with Crippen molar-refractivity contribution in [1.29, 1.82) is 0 Å². The number of halogens is 1. The molecule has 0 heterocycles. The van der Waals surface area contributed by atoms with Crippen molar-refractivity contribution in [1.82, 2.24) is 10.6 Å². The maximum Gasteiger partial charge on any atom is 0.315 e. The zero-order chi connectivity index (χ0) is 18.2. The fraction of sp³-hybridized carbons (Fsp3) is 0.350. The lowest BCUT2D eigenvalue weighted by Gasteiger charge is -2.18. The number of hydrogen-bond acceptors (Lipinski definition) is 2. The summed E-state index contributed by atoms with van der Waals surface area (Å²) in [5, 5.41) is 14.6. The summed E-state index contributed by atoms with van der Waals surface area (Å²) in [6.45, 7) is 3.96. The zero-order valence-corrected chi connectivity index (χ0v) is 14.6. The summed E-state index contributed by atoms with van der Waals surface area (Å²) in [7, 11) is 0. The van der Waals surface area contributed by atoms with E-state index in [4.69, 9.17) is 5.11 Å². The molecule has 5 heteroatoms. The predicted molar refractivity (Wildman–Crippen MR) is 97.7 cm³/mol. The highest BCUT2D eigenvalue weighted by Crippen LogP contribution is 2.22. The zero-order valence-electron chi connectivity index (χ0n) is 14.6. The maximum atomic E-state index is 13.0. The van der Waals surface area contributed by atoms with Gasteiger partial charge < -0.3 is 15.7 Å². The molecule has 0 aliphatic heterocycles. The summed E-state index contributed by atoms with van der Waals surface area (Å²) in [5.41, 5.74) is 2.94. The maximum absolute atomic E-state index is 13.0. The van der Waals surface area contributed by atoms with Crippen LogP contribution in [0.1, 0.15) is 38.3 Å². The Kier molecular flexibility index (Phi) is 6.95. The van der Waals surface area contributed by atoms with Gasteiger partial charge in [-0.15, -0.1) is 0 Å². The highest BCUT2D eigenvalue weighted by Gasteiger charge is 2.12. The van der Waals surface area contributed by atoms with Crippen LogP contribution in [0.25, 0.3) is 11.1 Å². The van der Waals surface area contributed by atoms with Crippen LogP contribution < -0.4 is 10.6 Å². The quantitative estimate of drug-likeness (QED) is 0.710. The fourth-order valence-electron chi connectivity index (χ4n) is 2.62. The molecule has 2 unspecified atom stereocenters. The van der Waals surface area contributed by atoms with E-state index in [-0.39, 0.29) is 30.5 Å². The van der Waals surface area contributed by atoms with E-state index in [0.717, 1.165) is 23.1 Å². The van der Waals surface area contributed by atoms with Crippen LogP contribution in [0.4, 0.5) is 9.18 Å². The Labute approximate surface area is 148 Å². The van der Waals surface area contributed by atoms with Gasteiger partial charge >= 0.3 is 6.03 Å². The van der Waals surface area contributed by atoms with Gasteiger partial charge in [0, 0.05) is 12.6 Å². The number of hydrogen-bond donors (Lipinski definition) is 3. The SMILES string of the molecule is CC(CCCO)NC(=O)NC(C)c1ccc(-c2ccc(F)cc2)cc1. The molecule has 2 rings (SSSR count). The Morgan fingerprint density at radius 2 is 1.56 bits per heavy atom. The number of urea groups is 1. The Morgan fingerprint density at radius 3 is 2.12 bits per heavy atom. The number of carbonyl (C=O) groups is 1. The molecular weight excluding hydrogens is 319 g/mol. The van der Waals surface area contributed by atoms with Crippen LogP contribution in [-0.2, 0) is 0 Å². The molecule has 0 spiro atoms. The number of aliphatic hydroxyl groups excluding tert-OH is 1. The molecule has 25 heavy (non-hydrogen) atoms. The van der Waals surface area contributed by atoms with E-state index < -0.39 is 0 Å². The van der Waals surface area contributed by atoms with Crippen molar-refractivity contribution >= 4 is 6.03 Å². The summed E-state index contributed by atoms with van der Waals surface area (Å²) in [6.07, 6.45) is 1.41. The second kappa shape index (κ2) is 9.18. The lowest BCUT2D eigenvalue weighted by Crippen LogP contribution is -2.41. The number of benzene rings is 2. The van der Waals surface area contributed by atoms with Crippen LogP contribution in [0.5, 0.6) is 0 Å². The average molecular weight is 344 g/mol. The van der Waals surface area contributed by atoms with Gasteiger partial charge in [-0.25, -0.2) is 9.18 Å². The van der Waals surface area contributed by atoms with Gasteiger partial charge in [0.15, 0.2) is 0 Å². The fourth-order valence-corrected chi connectivity index (χ4v) is 2.62. The van der Waals surface area contributed by atoms with Crippen LogP contribution in [-0.4, -0.2) is 23.8 Å². The van der Waals surface area contributed by atoms with Crippen molar-refractivity contribution in [2.75, 3.05) is 6.61 Å². The molecule has 0 saturated carbocycles. The third-order valence-corrected chi connectivity index (χ3v) is 4.11. The smallest absolute Gasteiger partial charge is 0.315 e. The van der Waals surface area contributed by atoms with Gasteiger partial charge in [0.2, 0.25) is 0 Å². The Bertz CT molecular complexity index is 671. The lowest BCUT2D eigenvalue weighted by atomic mass is 10.0. The molecule has 2 atom stereocenters. The third kappa shape index (κ3) is 5.87. The first-order valence-corrected chi connectivity index (χ1v) is 8.53. The summed E-state index contributed by atoms with van der Waals surface area (Å²) in [4.78, 5) is 12.0. The second-order valence-corrected chi connectivity index (χ2v) is 6.24. The summed E-state index contributed by atoms with van der Waals surface area (Å²) < 4.78 is 13.0. The first-order valence-electron chi connectivity index (χ1n) is 8.53. The molecule has 0 fully saturated rings. The monoisotopic (exact) mass is 344 g/mol. The van der Waals surface area contributed by atoms with E-state index in [1.807, 2.05) is 38.1 Å². The molecule has 0 aliphatic carbocycles. The number of carbonyl (C=O) groups excluding carboxylic acids is 1. The predicted octanol–water partition coefficient (Wildman–Crippen LogP) is 4.01. The van der Waals surface area contributed by atoms with Crippen LogP contribution in [0.2, 0.25) is 0 Å². The van der Waals surface area contributed by atoms with Crippen LogP contribution in [0.3, 0.4) is 0 Å². The summed E-state index contributed by atoms with van der Waals surface area (Å²) >= 11 is 0. The molecule has 2 aromatic rings. The Hall–Kier alpha value is -2.40. The molecule has 3 N–H and O–H groups in total. The number of amides is 2. The molecule has 0 bridgehead atoms. The van der Waals surface area contributed by atoms with E-state index in [1.54, 1.807) is 12.1 Å². The Balaban J connectivity index is 1.92. The van der Waals surface area contributed by atoms with Gasteiger partial charge in [-0.3, -0.25) is 0 Å². The molecule has 0 aliphatic rings. The van der Waals surface area contributed by atoms with Gasteiger partial charge in [-0.1, -0.05) is 36.4 Å². The van der Waals surface area contributed by atoms with Crippen molar-refractivity contribution in [2.45, 2.75) is 38.8 Å². The van der Waals surface area contributed by atoms with Crippen molar-refractivity contribution in [3.8, 4) is 11.1 Å². The molecular formula is C20H25FN2O2. The highest BCUT2D eigenvalue weighted by molar-refractivity contribution is 5.74. The van der Waals surface area contributed by atoms with E-state index in [1.165, 1.54) is 12.1 Å². The standard InChI is InChI=1S/C20H25FN2O2/c1-14(4-3-13-24)22-20(25)23-15(2)16-5-7-17(8-6-16)18-9-11-19(21)12-10-18/h5-12,14-15,24H,3-4,13H2,1-2H3,(H2,22,23,25). The van der Waals surface area contributed by atoms with Gasteiger partial charge in [0.05, 0.1) is 6.04 Å². The Morgan fingerprint density at radius 1 is 1.00 bits per heavy atom. The molecule has 0 saturated heterocycles. The minimum atomic E-state index is -0.252. The molecule has 0 radical (unpaired) electrons. The van der Waals surface area contributed by atoms with Crippen LogP contribution in [0, 0.1) is 5.82 Å². The molecule has 134 valence electrons. The van der Waals surface area contributed by atoms with Crippen LogP contribution in [0.15, 0.2) is 48.5 Å². The molecule has 0 aromatic heterocycles. The van der Waals surface area contributed by atoms with Crippen molar-refractivity contribution in [3.63, 3.8) is 0 Å². The van der Waals surface area contributed by atoms with E-state index in [2.05, 4.69) is 10.6 Å². The largest absolute Gasteiger partial charge is 0.396 e. The van der Waals surface area contributed by atoms with Crippen LogP contribution >= 0.6 is 0 Å².